The van der Waals surface area contributed by atoms with E-state index in [1.165, 1.54) is 0 Å². The minimum atomic E-state index is -0.751. The average molecular weight is 312 g/mol. The Kier molecular flexibility index (Phi) is 6.17. The predicted molar refractivity (Wildman–Crippen MR) is 87.5 cm³/mol. The highest BCUT2D eigenvalue weighted by Crippen LogP contribution is 2.06. The summed E-state index contributed by atoms with van der Waals surface area (Å²) in [5.74, 6) is -0.572. The zero-order valence-electron chi connectivity index (χ0n) is 12.8. The Balaban J connectivity index is 1.81. The monoisotopic (exact) mass is 312 g/mol. The number of hydrogen-bond acceptors (Lipinski definition) is 3. The largest absolute Gasteiger partial charge is 0.445 e. The van der Waals surface area contributed by atoms with Crippen LogP contribution in [0.4, 0.5) is 4.79 Å². The summed E-state index contributed by atoms with van der Waals surface area (Å²) in [5.41, 5.74) is 7.31. The topological polar surface area (TPSA) is 81.4 Å². The molecule has 0 spiro atoms. The molecule has 0 bridgehead atoms. The number of benzene rings is 2. The van der Waals surface area contributed by atoms with Crippen molar-refractivity contribution in [3.8, 4) is 0 Å². The van der Waals surface area contributed by atoms with Crippen LogP contribution in [0.2, 0.25) is 0 Å². The lowest BCUT2D eigenvalue weighted by atomic mass is 10.1. The number of aryl methyl sites for hydroxylation is 1. The molecule has 0 aliphatic carbocycles. The summed E-state index contributed by atoms with van der Waals surface area (Å²) >= 11 is 0. The number of amides is 2. The van der Waals surface area contributed by atoms with Gasteiger partial charge in [-0.25, -0.2) is 4.79 Å². The standard InChI is InChI=1S/C18H20N2O3/c19-17(21)16(12-11-14-7-3-1-4-8-14)20-18(22)23-13-15-9-5-2-6-10-15/h1-10,16H,11-13H2,(H2,19,21)(H,20,22). The first-order valence-electron chi connectivity index (χ1n) is 7.45. The number of ether oxygens (including phenoxy) is 1. The van der Waals surface area contributed by atoms with Crippen LogP contribution in [0.3, 0.4) is 0 Å². The SMILES string of the molecule is NC(=O)C(CCc1ccccc1)NC(=O)OCc1ccccc1. The summed E-state index contributed by atoms with van der Waals surface area (Å²) in [6.07, 6.45) is 0.429. The van der Waals surface area contributed by atoms with Gasteiger partial charge in [-0.3, -0.25) is 4.79 Å². The lowest BCUT2D eigenvalue weighted by Crippen LogP contribution is -2.44. The van der Waals surface area contributed by atoms with Gasteiger partial charge in [0.15, 0.2) is 0 Å². The van der Waals surface area contributed by atoms with Crippen molar-refractivity contribution in [3.63, 3.8) is 0 Å². The molecule has 0 saturated carbocycles. The summed E-state index contributed by atoms with van der Waals surface area (Å²) in [6, 6.07) is 18.3. The van der Waals surface area contributed by atoms with E-state index >= 15 is 0 Å². The molecule has 5 heteroatoms. The van der Waals surface area contributed by atoms with Gasteiger partial charge in [-0.1, -0.05) is 60.7 Å². The summed E-state index contributed by atoms with van der Waals surface area (Å²) in [6.45, 7) is 0.150. The van der Waals surface area contributed by atoms with Crippen LogP contribution in [0.5, 0.6) is 0 Å². The molecule has 0 aromatic heterocycles. The Morgan fingerprint density at radius 3 is 2.09 bits per heavy atom. The molecule has 0 aliphatic heterocycles. The molecule has 2 amide bonds. The lowest BCUT2D eigenvalue weighted by Gasteiger charge is -2.15. The van der Waals surface area contributed by atoms with Crippen molar-refractivity contribution in [2.24, 2.45) is 5.73 Å². The minimum absolute atomic E-state index is 0.150. The molecule has 1 atom stereocenters. The van der Waals surface area contributed by atoms with Crippen molar-refractivity contribution in [1.29, 1.82) is 0 Å². The molecule has 2 aromatic rings. The fourth-order valence-electron chi connectivity index (χ4n) is 2.15. The van der Waals surface area contributed by atoms with E-state index in [0.29, 0.717) is 12.8 Å². The van der Waals surface area contributed by atoms with Crippen LogP contribution in [-0.2, 0) is 22.6 Å². The molecule has 0 radical (unpaired) electrons. The van der Waals surface area contributed by atoms with Crippen LogP contribution in [0, 0.1) is 0 Å². The number of primary amides is 1. The van der Waals surface area contributed by atoms with Crippen LogP contribution < -0.4 is 11.1 Å². The zero-order chi connectivity index (χ0) is 16.5. The summed E-state index contributed by atoms with van der Waals surface area (Å²) in [4.78, 5) is 23.3. The van der Waals surface area contributed by atoms with E-state index < -0.39 is 18.0 Å². The van der Waals surface area contributed by atoms with Crippen molar-refractivity contribution in [1.82, 2.24) is 5.32 Å². The summed E-state index contributed by atoms with van der Waals surface area (Å²) in [7, 11) is 0. The number of carbonyl (C=O) groups excluding carboxylic acids is 2. The first-order chi connectivity index (χ1) is 11.1. The third-order valence-corrected chi connectivity index (χ3v) is 3.41. The molecule has 1 unspecified atom stereocenters. The van der Waals surface area contributed by atoms with Crippen LogP contribution in [-0.4, -0.2) is 18.0 Å². The maximum atomic E-state index is 11.8. The van der Waals surface area contributed by atoms with E-state index in [1.54, 1.807) is 0 Å². The maximum Gasteiger partial charge on any atom is 0.408 e. The molecule has 23 heavy (non-hydrogen) atoms. The Hall–Kier alpha value is -2.82. The summed E-state index contributed by atoms with van der Waals surface area (Å²) < 4.78 is 5.10. The summed E-state index contributed by atoms with van der Waals surface area (Å²) in [5, 5.41) is 2.52. The molecular weight excluding hydrogens is 292 g/mol. The van der Waals surface area contributed by atoms with Gasteiger partial charge in [-0.2, -0.15) is 0 Å². The van der Waals surface area contributed by atoms with Crippen LogP contribution in [0.15, 0.2) is 60.7 Å². The predicted octanol–water partition coefficient (Wildman–Crippen LogP) is 2.40. The number of hydrogen-bond donors (Lipinski definition) is 2. The molecule has 5 nitrogen and oxygen atoms in total. The maximum absolute atomic E-state index is 11.8. The van der Waals surface area contributed by atoms with Gasteiger partial charge in [0, 0.05) is 0 Å². The molecule has 120 valence electrons. The van der Waals surface area contributed by atoms with Crippen molar-refractivity contribution >= 4 is 12.0 Å². The van der Waals surface area contributed by atoms with Gasteiger partial charge in [-0.15, -0.1) is 0 Å². The van der Waals surface area contributed by atoms with Gasteiger partial charge < -0.3 is 15.8 Å². The average Bonchev–Trinajstić information content (AvgIpc) is 2.58. The number of rotatable bonds is 7. The second-order valence-electron chi connectivity index (χ2n) is 5.19. The smallest absolute Gasteiger partial charge is 0.408 e. The number of nitrogens with one attached hydrogen (secondary N) is 1. The Labute approximate surface area is 135 Å². The van der Waals surface area contributed by atoms with Crippen molar-refractivity contribution in [3.05, 3.63) is 71.8 Å². The van der Waals surface area contributed by atoms with Crippen LogP contribution >= 0.6 is 0 Å². The van der Waals surface area contributed by atoms with Crippen molar-refractivity contribution in [2.75, 3.05) is 0 Å². The van der Waals surface area contributed by atoms with Gasteiger partial charge in [0.05, 0.1) is 0 Å². The molecule has 0 aliphatic rings. The molecular formula is C18H20N2O3. The molecule has 3 N–H and O–H groups in total. The number of alkyl carbamates (subject to hydrolysis) is 1. The highest BCUT2D eigenvalue weighted by atomic mass is 16.5. The van der Waals surface area contributed by atoms with E-state index in [-0.39, 0.29) is 6.61 Å². The Morgan fingerprint density at radius 1 is 0.957 bits per heavy atom. The highest BCUT2D eigenvalue weighted by Gasteiger charge is 2.18. The van der Waals surface area contributed by atoms with Crippen LogP contribution in [0.1, 0.15) is 17.5 Å². The van der Waals surface area contributed by atoms with Gasteiger partial charge in [0.25, 0.3) is 0 Å². The second kappa shape index (κ2) is 8.58. The lowest BCUT2D eigenvalue weighted by molar-refractivity contribution is -0.120. The third-order valence-electron chi connectivity index (χ3n) is 3.41. The fourth-order valence-corrected chi connectivity index (χ4v) is 2.15. The van der Waals surface area contributed by atoms with Crippen molar-refractivity contribution < 1.29 is 14.3 Å². The first-order valence-corrected chi connectivity index (χ1v) is 7.45. The molecule has 2 rings (SSSR count). The van der Waals surface area contributed by atoms with E-state index in [9.17, 15) is 9.59 Å². The van der Waals surface area contributed by atoms with E-state index in [4.69, 9.17) is 10.5 Å². The Bertz CT molecular complexity index is 629. The van der Waals surface area contributed by atoms with Gasteiger partial charge in [0.2, 0.25) is 5.91 Å². The Morgan fingerprint density at radius 2 is 1.52 bits per heavy atom. The van der Waals surface area contributed by atoms with Gasteiger partial charge in [-0.05, 0) is 24.0 Å². The second-order valence-corrected chi connectivity index (χ2v) is 5.19. The molecule has 0 fully saturated rings. The van der Waals surface area contributed by atoms with E-state index in [2.05, 4.69) is 5.32 Å². The first kappa shape index (κ1) is 16.5. The molecule has 0 saturated heterocycles. The number of carbonyl (C=O) groups is 2. The quantitative estimate of drug-likeness (QED) is 0.823. The van der Waals surface area contributed by atoms with E-state index in [1.807, 2.05) is 60.7 Å². The molecule has 0 heterocycles. The molecule has 2 aromatic carbocycles. The minimum Gasteiger partial charge on any atom is -0.445 e. The van der Waals surface area contributed by atoms with Gasteiger partial charge in [0.1, 0.15) is 12.6 Å². The van der Waals surface area contributed by atoms with E-state index in [0.717, 1.165) is 11.1 Å². The van der Waals surface area contributed by atoms with Crippen molar-refractivity contribution in [2.45, 2.75) is 25.5 Å². The highest BCUT2D eigenvalue weighted by molar-refractivity contribution is 5.84. The van der Waals surface area contributed by atoms with Gasteiger partial charge >= 0.3 is 6.09 Å². The number of nitrogens with two attached hydrogens (primary N) is 1. The zero-order valence-corrected chi connectivity index (χ0v) is 12.8. The fraction of sp³-hybridized carbons (Fsp3) is 0.222. The van der Waals surface area contributed by atoms with Crippen LogP contribution in [0.25, 0.3) is 0 Å². The normalized spacial score (nSPS) is 11.5. The third kappa shape index (κ3) is 5.82.